The number of hydrogen-bond acceptors (Lipinski definition) is 2. The maximum atomic E-state index is 4.74. The molecule has 0 radical (unpaired) electrons. The summed E-state index contributed by atoms with van der Waals surface area (Å²) in [4.78, 5) is 0. The molecule has 0 aromatic carbocycles. The molecule has 4 bridgehead atoms. The Morgan fingerprint density at radius 1 is 0.714 bits per heavy atom. The van der Waals surface area contributed by atoms with E-state index in [1.165, 1.54) is 51.4 Å². The molecular weight excluding hydrogens is 172 g/mol. The minimum absolute atomic E-state index is 0.354. The van der Waals surface area contributed by atoms with Crippen LogP contribution in [0.2, 0.25) is 0 Å². The van der Waals surface area contributed by atoms with Gasteiger partial charge in [0.05, 0.1) is 11.1 Å². The quantitative estimate of drug-likeness (QED) is 0.597. The zero-order valence-electron chi connectivity index (χ0n) is 8.71. The highest BCUT2D eigenvalue weighted by molar-refractivity contribution is 5.10. The summed E-state index contributed by atoms with van der Waals surface area (Å²) in [5.74, 6) is 2.04. The van der Waals surface area contributed by atoms with E-state index in [-0.39, 0.29) is 0 Å². The first-order valence-corrected chi connectivity index (χ1v) is 6.22. The minimum atomic E-state index is 0.354. The summed E-state index contributed by atoms with van der Waals surface area (Å²) < 4.78 is 0. The maximum Gasteiger partial charge on any atom is 0.0821 e. The van der Waals surface area contributed by atoms with Crippen molar-refractivity contribution < 1.29 is 0 Å². The van der Waals surface area contributed by atoms with Gasteiger partial charge in [-0.25, -0.2) is 0 Å². The summed E-state index contributed by atoms with van der Waals surface area (Å²) in [5.41, 5.74) is 0.709. The van der Waals surface area contributed by atoms with Gasteiger partial charge in [0.15, 0.2) is 0 Å². The van der Waals surface area contributed by atoms with Crippen LogP contribution in [-0.2, 0) is 0 Å². The fourth-order valence-corrected chi connectivity index (χ4v) is 4.27. The van der Waals surface area contributed by atoms with E-state index in [9.17, 15) is 0 Å². The molecule has 0 amide bonds. The van der Waals surface area contributed by atoms with Crippen LogP contribution in [-0.4, -0.2) is 11.1 Å². The zero-order chi connectivity index (χ0) is 9.23. The van der Waals surface area contributed by atoms with Gasteiger partial charge in [-0.3, -0.25) is 0 Å². The van der Waals surface area contributed by atoms with Crippen molar-refractivity contribution >= 4 is 0 Å². The Balaban J connectivity index is 1.51. The highest BCUT2D eigenvalue weighted by atomic mass is 15.2. The molecule has 6 rings (SSSR count). The fourth-order valence-electron chi connectivity index (χ4n) is 4.27. The molecule has 6 aliphatic carbocycles. The Kier molecular flexibility index (Phi) is 1.25. The smallest absolute Gasteiger partial charge is 0.0821 e. The molecule has 76 valence electrons. The van der Waals surface area contributed by atoms with E-state index in [0.29, 0.717) is 11.1 Å². The molecular formula is C12H18N2. The molecule has 0 aromatic rings. The van der Waals surface area contributed by atoms with Crippen molar-refractivity contribution in [1.29, 1.82) is 0 Å². The highest BCUT2D eigenvalue weighted by Gasteiger charge is 2.54. The van der Waals surface area contributed by atoms with Crippen LogP contribution in [0.3, 0.4) is 0 Å². The summed E-state index contributed by atoms with van der Waals surface area (Å²) in [6, 6.07) is 0. The van der Waals surface area contributed by atoms with Gasteiger partial charge in [0, 0.05) is 0 Å². The molecule has 0 N–H and O–H groups in total. The predicted molar refractivity (Wildman–Crippen MR) is 54.2 cm³/mol. The molecule has 0 spiro atoms. The normalized spacial score (nSPS) is 58.9. The van der Waals surface area contributed by atoms with Crippen LogP contribution in [0.1, 0.15) is 51.4 Å². The summed E-state index contributed by atoms with van der Waals surface area (Å²) in [7, 11) is 0. The van der Waals surface area contributed by atoms with Crippen molar-refractivity contribution in [3.05, 3.63) is 0 Å². The Hall–Kier alpha value is -0.400. The first-order chi connectivity index (χ1) is 6.78. The minimum Gasteiger partial charge on any atom is -0.187 e. The van der Waals surface area contributed by atoms with E-state index < -0.39 is 0 Å². The van der Waals surface area contributed by atoms with Crippen molar-refractivity contribution in [3.8, 4) is 0 Å². The first kappa shape index (κ1) is 7.84. The Labute approximate surface area is 85.2 Å². The zero-order valence-corrected chi connectivity index (χ0v) is 8.71. The average molecular weight is 190 g/mol. The molecule has 6 fully saturated rings. The second-order valence-electron chi connectivity index (χ2n) is 6.27. The molecule has 0 aromatic heterocycles. The summed E-state index contributed by atoms with van der Waals surface area (Å²) in [6.45, 7) is 0. The molecule has 2 heteroatoms. The van der Waals surface area contributed by atoms with Crippen LogP contribution >= 0.6 is 0 Å². The van der Waals surface area contributed by atoms with Gasteiger partial charge in [-0.15, -0.1) is 0 Å². The molecule has 0 aliphatic heterocycles. The van der Waals surface area contributed by atoms with E-state index in [1.54, 1.807) is 0 Å². The van der Waals surface area contributed by atoms with Gasteiger partial charge in [-0.05, 0) is 63.2 Å². The van der Waals surface area contributed by atoms with E-state index >= 15 is 0 Å². The lowest BCUT2D eigenvalue weighted by Gasteiger charge is -2.37. The standard InChI is InChI=1S/C12H18N2/c1-3-11(5-9(1)6-11)13-14-12-4-2-10(7-12)8-12/h9-10H,1-8H2. The lowest BCUT2D eigenvalue weighted by Crippen LogP contribution is -2.36. The monoisotopic (exact) mass is 190 g/mol. The number of rotatable bonds is 2. The summed E-state index contributed by atoms with van der Waals surface area (Å²) in [5, 5.41) is 9.48. The predicted octanol–water partition coefficient (Wildman–Crippen LogP) is 3.32. The van der Waals surface area contributed by atoms with E-state index in [0.717, 1.165) is 11.8 Å². The molecule has 0 saturated heterocycles. The van der Waals surface area contributed by atoms with Gasteiger partial charge in [-0.1, -0.05) is 0 Å². The average Bonchev–Trinajstić information content (AvgIpc) is 2.77. The molecule has 0 heterocycles. The molecule has 6 saturated carbocycles. The van der Waals surface area contributed by atoms with Crippen LogP contribution < -0.4 is 0 Å². The van der Waals surface area contributed by atoms with Crippen LogP contribution in [0, 0.1) is 11.8 Å². The van der Waals surface area contributed by atoms with Crippen LogP contribution in [0.5, 0.6) is 0 Å². The topological polar surface area (TPSA) is 24.7 Å². The van der Waals surface area contributed by atoms with Crippen LogP contribution in [0.25, 0.3) is 0 Å². The van der Waals surface area contributed by atoms with Crippen molar-refractivity contribution in [1.82, 2.24) is 0 Å². The SMILES string of the molecule is C1CC2(N=NC34CCC(C3)C4)CC1C2. The number of azo groups is 1. The third-order valence-electron chi connectivity index (χ3n) is 5.18. The van der Waals surface area contributed by atoms with Crippen molar-refractivity contribution in [2.45, 2.75) is 62.4 Å². The van der Waals surface area contributed by atoms with Gasteiger partial charge in [-0.2, -0.15) is 10.2 Å². The van der Waals surface area contributed by atoms with Gasteiger partial charge < -0.3 is 0 Å². The number of fused-ring (bicyclic) bond motifs is 2. The van der Waals surface area contributed by atoms with Gasteiger partial charge >= 0.3 is 0 Å². The van der Waals surface area contributed by atoms with Crippen molar-refractivity contribution in [3.63, 3.8) is 0 Å². The summed E-state index contributed by atoms with van der Waals surface area (Å²) >= 11 is 0. The van der Waals surface area contributed by atoms with Gasteiger partial charge in [0.1, 0.15) is 0 Å². The van der Waals surface area contributed by atoms with Crippen molar-refractivity contribution in [2.24, 2.45) is 22.1 Å². The largest absolute Gasteiger partial charge is 0.187 e. The highest BCUT2D eigenvalue weighted by Crippen LogP contribution is 2.58. The van der Waals surface area contributed by atoms with Crippen LogP contribution in [0.4, 0.5) is 0 Å². The lowest BCUT2D eigenvalue weighted by atomic mass is 9.77. The molecule has 2 nitrogen and oxygen atoms in total. The first-order valence-electron chi connectivity index (χ1n) is 6.22. The van der Waals surface area contributed by atoms with Gasteiger partial charge in [0.2, 0.25) is 0 Å². The Morgan fingerprint density at radius 3 is 1.43 bits per heavy atom. The molecule has 6 aliphatic rings. The molecule has 0 unspecified atom stereocenters. The van der Waals surface area contributed by atoms with E-state index in [2.05, 4.69) is 0 Å². The fraction of sp³-hybridized carbons (Fsp3) is 1.00. The van der Waals surface area contributed by atoms with Crippen molar-refractivity contribution in [2.75, 3.05) is 0 Å². The Bertz CT molecular complexity index is 254. The van der Waals surface area contributed by atoms with E-state index in [4.69, 9.17) is 10.2 Å². The maximum absolute atomic E-state index is 4.74. The Morgan fingerprint density at radius 2 is 1.14 bits per heavy atom. The molecule has 14 heavy (non-hydrogen) atoms. The second kappa shape index (κ2) is 2.23. The lowest BCUT2D eigenvalue weighted by molar-refractivity contribution is 0.196. The third kappa shape index (κ3) is 0.875. The number of hydrogen-bond donors (Lipinski definition) is 0. The van der Waals surface area contributed by atoms with E-state index in [1.807, 2.05) is 0 Å². The molecule has 0 atom stereocenters. The third-order valence-corrected chi connectivity index (χ3v) is 5.18. The number of nitrogens with zero attached hydrogens (tertiary/aromatic N) is 2. The van der Waals surface area contributed by atoms with Crippen LogP contribution in [0.15, 0.2) is 10.2 Å². The summed E-state index contributed by atoms with van der Waals surface area (Å²) in [6.07, 6.45) is 10.9. The second-order valence-corrected chi connectivity index (χ2v) is 6.27. The van der Waals surface area contributed by atoms with Gasteiger partial charge in [0.25, 0.3) is 0 Å².